The number of hydrogen-bond donors (Lipinski definition) is 1. The third-order valence-electron chi connectivity index (χ3n) is 4.35. The van der Waals surface area contributed by atoms with Crippen molar-refractivity contribution in [2.24, 2.45) is 10.9 Å². The van der Waals surface area contributed by atoms with Crippen LogP contribution in [0, 0.1) is 19.8 Å². The minimum atomic E-state index is -1.06. The summed E-state index contributed by atoms with van der Waals surface area (Å²) in [5, 5.41) is 2.24. The molecule has 6 heteroatoms. The summed E-state index contributed by atoms with van der Waals surface area (Å²) in [7, 11) is 0. The van der Waals surface area contributed by atoms with Crippen LogP contribution < -0.4 is 10.2 Å². The summed E-state index contributed by atoms with van der Waals surface area (Å²) < 4.78 is 0. The lowest BCUT2D eigenvalue weighted by atomic mass is 10.0. The number of aryl methyl sites for hydroxylation is 2. The zero-order valence-electron chi connectivity index (χ0n) is 15.0. The molecule has 134 valence electrons. The number of barbiturate groups is 1. The Morgan fingerprint density at radius 1 is 1.12 bits per heavy atom. The Labute approximate surface area is 148 Å². The zero-order chi connectivity index (χ0) is 18.4. The SMILES string of the molecule is CCCCCCN=CC1C(=O)NC(=O)N(c2ccc(C)c(C)c2)C1=O. The highest BCUT2D eigenvalue weighted by atomic mass is 16.2. The lowest BCUT2D eigenvalue weighted by Crippen LogP contribution is -2.58. The molecule has 1 fully saturated rings. The summed E-state index contributed by atoms with van der Waals surface area (Å²) in [4.78, 5) is 42.0. The molecular formula is C19H25N3O3. The highest BCUT2D eigenvalue weighted by molar-refractivity contribution is 6.32. The highest BCUT2D eigenvalue weighted by Crippen LogP contribution is 2.23. The molecular weight excluding hydrogens is 318 g/mol. The molecule has 4 amide bonds. The number of amides is 4. The largest absolute Gasteiger partial charge is 0.335 e. The van der Waals surface area contributed by atoms with E-state index in [0.29, 0.717) is 12.2 Å². The van der Waals surface area contributed by atoms with E-state index < -0.39 is 23.8 Å². The van der Waals surface area contributed by atoms with Crippen molar-refractivity contribution >= 4 is 29.7 Å². The standard InChI is InChI=1S/C19H25N3O3/c1-4-5-6-7-10-20-12-16-17(23)21-19(25)22(18(16)24)15-9-8-13(2)14(3)11-15/h8-9,11-12,16H,4-7,10H2,1-3H3,(H,21,23,25). The third-order valence-corrected chi connectivity index (χ3v) is 4.35. The summed E-state index contributed by atoms with van der Waals surface area (Å²) in [5.41, 5.74) is 2.49. The Morgan fingerprint density at radius 2 is 1.88 bits per heavy atom. The Morgan fingerprint density at radius 3 is 2.56 bits per heavy atom. The van der Waals surface area contributed by atoms with E-state index in [-0.39, 0.29) is 0 Å². The fraction of sp³-hybridized carbons (Fsp3) is 0.474. The predicted octanol–water partition coefficient (Wildman–Crippen LogP) is 3.15. The number of carbonyl (C=O) groups is 3. The molecule has 1 unspecified atom stereocenters. The number of hydrogen-bond acceptors (Lipinski definition) is 4. The van der Waals surface area contributed by atoms with E-state index in [0.717, 1.165) is 41.7 Å². The van der Waals surface area contributed by atoms with Crippen molar-refractivity contribution in [2.45, 2.75) is 46.5 Å². The summed E-state index contributed by atoms with van der Waals surface area (Å²) in [6, 6.07) is 4.60. The Balaban J connectivity index is 2.12. The number of nitrogens with zero attached hydrogens (tertiary/aromatic N) is 2. The molecule has 0 aromatic heterocycles. The van der Waals surface area contributed by atoms with Crippen LogP contribution in [0.4, 0.5) is 10.5 Å². The van der Waals surface area contributed by atoms with Crippen LogP contribution in [0.15, 0.2) is 23.2 Å². The molecule has 1 aromatic rings. The van der Waals surface area contributed by atoms with Crippen LogP contribution in [0.2, 0.25) is 0 Å². The van der Waals surface area contributed by atoms with Crippen LogP contribution in [0.1, 0.15) is 43.7 Å². The number of imide groups is 2. The maximum Gasteiger partial charge on any atom is 0.335 e. The zero-order valence-corrected chi connectivity index (χ0v) is 15.0. The lowest BCUT2D eigenvalue weighted by molar-refractivity contribution is -0.131. The van der Waals surface area contributed by atoms with Gasteiger partial charge >= 0.3 is 6.03 Å². The van der Waals surface area contributed by atoms with Crippen LogP contribution >= 0.6 is 0 Å². The lowest BCUT2D eigenvalue weighted by Gasteiger charge is -2.28. The van der Waals surface area contributed by atoms with Crippen molar-refractivity contribution in [3.8, 4) is 0 Å². The first-order chi connectivity index (χ1) is 12.0. The molecule has 0 bridgehead atoms. The van der Waals surface area contributed by atoms with Gasteiger partial charge in [-0.25, -0.2) is 9.69 Å². The topological polar surface area (TPSA) is 78.8 Å². The predicted molar refractivity (Wildman–Crippen MR) is 97.9 cm³/mol. The average Bonchev–Trinajstić information content (AvgIpc) is 2.56. The number of nitrogens with one attached hydrogen (secondary N) is 1. The van der Waals surface area contributed by atoms with Crippen molar-refractivity contribution in [3.63, 3.8) is 0 Å². The molecule has 1 aliphatic rings. The molecule has 1 saturated heterocycles. The van der Waals surface area contributed by atoms with E-state index in [2.05, 4.69) is 17.2 Å². The maximum absolute atomic E-state index is 12.7. The van der Waals surface area contributed by atoms with Gasteiger partial charge in [-0.2, -0.15) is 0 Å². The van der Waals surface area contributed by atoms with Gasteiger partial charge in [-0.15, -0.1) is 0 Å². The second-order valence-corrected chi connectivity index (χ2v) is 6.33. The van der Waals surface area contributed by atoms with Crippen LogP contribution in [0.5, 0.6) is 0 Å². The van der Waals surface area contributed by atoms with Crippen LogP contribution in [0.3, 0.4) is 0 Å². The van der Waals surface area contributed by atoms with Gasteiger partial charge in [0, 0.05) is 12.8 Å². The second kappa shape index (κ2) is 8.55. The first kappa shape index (κ1) is 18.8. The van der Waals surface area contributed by atoms with E-state index >= 15 is 0 Å². The van der Waals surface area contributed by atoms with Crippen molar-refractivity contribution in [1.82, 2.24) is 5.32 Å². The van der Waals surface area contributed by atoms with Crippen molar-refractivity contribution in [1.29, 1.82) is 0 Å². The molecule has 0 spiro atoms. The highest BCUT2D eigenvalue weighted by Gasteiger charge is 2.40. The molecule has 1 heterocycles. The number of unbranched alkanes of at least 4 members (excludes halogenated alkanes) is 3. The monoisotopic (exact) mass is 343 g/mol. The minimum Gasteiger partial charge on any atom is -0.296 e. The van der Waals surface area contributed by atoms with E-state index in [1.54, 1.807) is 12.1 Å². The smallest absolute Gasteiger partial charge is 0.296 e. The van der Waals surface area contributed by atoms with Crippen molar-refractivity contribution in [3.05, 3.63) is 29.3 Å². The summed E-state index contributed by atoms with van der Waals surface area (Å²) in [6.07, 6.45) is 5.65. The molecule has 0 radical (unpaired) electrons. The van der Waals surface area contributed by atoms with E-state index in [4.69, 9.17) is 0 Å². The van der Waals surface area contributed by atoms with Crippen LogP contribution in [0.25, 0.3) is 0 Å². The van der Waals surface area contributed by atoms with Gasteiger partial charge < -0.3 is 0 Å². The number of anilines is 1. The van der Waals surface area contributed by atoms with Gasteiger partial charge in [0.15, 0.2) is 5.92 Å². The summed E-state index contributed by atoms with van der Waals surface area (Å²) >= 11 is 0. The Bertz CT molecular complexity index is 697. The second-order valence-electron chi connectivity index (χ2n) is 6.33. The number of rotatable bonds is 7. The molecule has 6 nitrogen and oxygen atoms in total. The van der Waals surface area contributed by atoms with Gasteiger partial charge in [-0.3, -0.25) is 19.9 Å². The number of urea groups is 1. The van der Waals surface area contributed by atoms with E-state index in [1.807, 2.05) is 19.9 Å². The Kier molecular flexibility index (Phi) is 6.44. The number of benzene rings is 1. The molecule has 1 N–H and O–H groups in total. The summed E-state index contributed by atoms with van der Waals surface area (Å²) in [5.74, 6) is -2.24. The van der Waals surface area contributed by atoms with Gasteiger partial charge in [-0.1, -0.05) is 32.3 Å². The minimum absolute atomic E-state index is 0.458. The number of aliphatic imine (C=N–C) groups is 1. The molecule has 1 atom stereocenters. The molecule has 0 saturated carbocycles. The molecule has 1 aromatic carbocycles. The van der Waals surface area contributed by atoms with Crippen molar-refractivity contribution < 1.29 is 14.4 Å². The van der Waals surface area contributed by atoms with Gasteiger partial charge in [0.1, 0.15) is 0 Å². The molecule has 1 aliphatic heterocycles. The summed E-state index contributed by atoms with van der Waals surface area (Å²) in [6.45, 7) is 6.57. The first-order valence-corrected chi connectivity index (χ1v) is 8.71. The quantitative estimate of drug-likeness (QED) is 0.469. The van der Waals surface area contributed by atoms with Crippen LogP contribution in [-0.4, -0.2) is 30.6 Å². The van der Waals surface area contributed by atoms with E-state index in [1.165, 1.54) is 6.21 Å². The third kappa shape index (κ3) is 4.53. The molecule has 2 rings (SSSR count). The molecule has 25 heavy (non-hydrogen) atoms. The fourth-order valence-corrected chi connectivity index (χ4v) is 2.64. The normalized spacial score (nSPS) is 18.1. The Hall–Kier alpha value is -2.50. The van der Waals surface area contributed by atoms with E-state index in [9.17, 15) is 14.4 Å². The fourth-order valence-electron chi connectivity index (χ4n) is 2.64. The van der Waals surface area contributed by atoms with Crippen LogP contribution in [-0.2, 0) is 9.59 Å². The number of carbonyl (C=O) groups excluding carboxylic acids is 3. The van der Waals surface area contributed by atoms with Gasteiger partial charge in [0.25, 0.3) is 5.91 Å². The first-order valence-electron chi connectivity index (χ1n) is 8.71. The maximum atomic E-state index is 12.7. The molecule has 0 aliphatic carbocycles. The van der Waals surface area contributed by atoms with Gasteiger partial charge in [-0.05, 0) is 43.5 Å². The van der Waals surface area contributed by atoms with Crippen molar-refractivity contribution in [2.75, 3.05) is 11.4 Å². The average molecular weight is 343 g/mol. The van der Waals surface area contributed by atoms with Gasteiger partial charge in [0.05, 0.1) is 5.69 Å². The van der Waals surface area contributed by atoms with Gasteiger partial charge in [0.2, 0.25) is 5.91 Å².